The maximum atomic E-state index is 13.3. The molecule has 2 unspecified atom stereocenters. The normalized spacial score (nSPS) is 25.9. The Morgan fingerprint density at radius 1 is 1.26 bits per heavy atom. The van der Waals surface area contributed by atoms with Crippen molar-refractivity contribution in [1.29, 1.82) is 0 Å². The number of urea groups is 1. The number of pyridine rings is 1. The number of ketones is 1. The van der Waals surface area contributed by atoms with Crippen molar-refractivity contribution in [2.75, 3.05) is 13.1 Å². The summed E-state index contributed by atoms with van der Waals surface area (Å²) in [5, 5.41) is 0. The van der Waals surface area contributed by atoms with Crippen LogP contribution in [0.1, 0.15) is 43.5 Å². The molecule has 1 aromatic heterocycles. The molecule has 7 nitrogen and oxygen atoms in total. The third kappa shape index (κ3) is 3.18. The molecule has 1 saturated heterocycles. The van der Waals surface area contributed by atoms with E-state index in [1.807, 2.05) is 12.2 Å². The minimum atomic E-state index is -1.38. The second kappa shape index (κ2) is 7.42. The van der Waals surface area contributed by atoms with Gasteiger partial charge in [0.05, 0.1) is 6.54 Å². The number of rotatable bonds is 5. The molecule has 1 fully saturated rings. The average molecular weight is 369 g/mol. The Kier molecular flexibility index (Phi) is 5.21. The van der Waals surface area contributed by atoms with Crippen molar-refractivity contribution in [3.63, 3.8) is 0 Å². The van der Waals surface area contributed by atoms with Crippen LogP contribution in [0.15, 0.2) is 36.7 Å². The molecule has 0 N–H and O–H groups in total. The lowest BCUT2D eigenvalue weighted by atomic mass is 9.69. The van der Waals surface area contributed by atoms with Crippen LogP contribution in [0, 0.1) is 11.3 Å². The molecule has 3 rings (SSSR count). The van der Waals surface area contributed by atoms with Crippen LogP contribution in [0.4, 0.5) is 4.79 Å². The molecule has 0 saturated carbocycles. The van der Waals surface area contributed by atoms with Crippen molar-refractivity contribution in [3.05, 3.63) is 42.2 Å². The second-order valence-electron chi connectivity index (χ2n) is 7.06. The number of carbonyl (C=O) groups excluding carboxylic acids is 4. The Balaban J connectivity index is 1.95. The minimum Gasteiger partial charge on any atom is -0.292 e. The van der Waals surface area contributed by atoms with E-state index in [1.165, 1.54) is 12.4 Å². The number of allylic oxidation sites excluding steroid dienone is 2. The van der Waals surface area contributed by atoms with E-state index < -0.39 is 35.6 Å². The third-order valence-electron chi connectivity index (χ3n) is 5.44. The summed E-state index contributed by atoms with van der Waals surface area (Å²) in [6.07, 6.45) is 9.29. The number of imide groups is 2. The first-order chi connectivity index (χ1) is 12.9. The van der Waals surface area contributed by atoms with E-state index in [9.17, 15) is 19.2 Å². The van der Waals surface area contributed by atoms with Gasteiger partial charge < -0.3 is 0 Å². The lowest BCUT2D eigenvalue weighted by Gasteiger charge is -2.45. The maximum absolute atomic E-state index is 13.3. The molecule has 1 aromatic rings. The quantitative estimate of drug-likeness (QED) is 0.452. The number of Topliss-reactive ketones (excluding diaryl/α,β-unsaturated/α-hetero) is 1. The van der Waals surface area contributed by atoms with Gasteiger partial charge in [-0.05, 0) is 51.2 Å². The lowest BCUT2D eigenvalue weighted by molar-refractivity contribution is -0.160. The summed E-state index contributed by atoms with van der Waals surface area (Å²) in [6.45, 7) is 3.02. The monoisotopic (exact) mass is 369 g/mol. The molecule has 4 amide bonds. The molecule has 27 heavy (non-hydrogen) atoms. The molecule has 2 atom stereocenters. The highest BCUT2D eigenvalue weighted by molar-refractivity contribution is 6.20. The topological polar surface area (TPSA) is 87.7 Å². The van der Waals surface area contributed by atoms with Crippen molar-refractivity contribution >= 4 is 23.6 Å². The van der Waals surface area contributed by atoms with E-state index in [2.05, 4.69) is 4.98 Å². The fourth-order valence-corrected chi connectivity index (χ4v) is 3.76. The van der Waals surface area contributed by atoms with Gasteiger partial charge in [-0.25, -0.2) is 4.79 Å². The first-order valence-corrected chi connectivity index (χ1v) is 9.19. The summed E-state index contributed by atoms with van der Waals surface area (Å²) in [6, 6.07) is 2.47. The maximum Gasteiger partial charge on any atom is 0.333 e. The van der Waals surface area contributed by atoms with Gasteiger partial charge >= 0.3 is 6.03 Å². The van der Waals surface area contributed by atoms with Gasteiger partial charge in [-0.3, -0.25) is 29.2 Å². The van der Waals surface area contributed by atoms with Gasteiger partial charge in [0.2, 0.25) is 11.8 Å². The molecule has 7 heteroatoms. The Labute approximate surface area is 158 Å². The number of carbonyl (C=O) groups is 4. The highest BCUT2D eigenvalue weighted by atomic mass is 16.2. The summed E-state index contributed by atoms with van der Waals surface area (Å²) < 4.78 is 0. The number of hydrogen-bond donors (Lipinski definition) is 0. The summed E-state index contributed by atoms with van der Waals surface area (Å²) in [5.74, 6) is -1.77. The average Bonchev–Trinajstić information content (AvgIpc) is 2.71. The fraction of sp³-hybridized carbons (Fsp3) is 0.450. The largest absolute Gasteiger partial charge is 0.333 e. The van der Waals surface area contributed by atoms with E-state index in [0.717, 1.165) is 22.6 Å². The SMILES string of the molecule is CCN1C(=O)N(CC(=O)c2cccnc2)C(=O)C(C)(C2C=CCCC2)C1=O. The Morgan fingerprint density at radius 2 is 2.00 bits per heavy atom. The molecular weight excluding hydrogens is 346 g/mol. The van der Waals surface area contributed by atoms with Gasteiger partial charge in [0.25, 0.3) is 0 Å². The predicted molar refractivity (Wildman–Crippen MR) is 97.7 cm³/mol. The Bertz CT molecular complexity index is 805. The van der Waals surface area contributed by atoms with Gasteiger partial charge in [0, 0.05) is 24.5 Å². The number of hydrogen-bond acceptors (Lipinski definition) is 5. The lowest BCUT2D eigenvalue weighted by Crippen LogP contribution is -2.66. The number of amides is 4. The highest BCUT2D eigenvalue weighted by Crippen LogP contribution is 2.41. The van der Waals surface area contributed by atoms with Crippen molar-refractivity contribution in [2.45, 2.75) is 33.1 Å². The zero-order valence-electron chi connectivity index (χ0n) is 15.6. The second-order valence-corrected chi connectivity index (χ2v) is 7.06. The number of barbiturate groups is 1. The predicted octanol–water partition coefficient (Wildman–Crippen LogP) is 2.44. The molecule has 2 heterocycles. The smallest absolute Gasteiger partial charge is 0.292 e. The van der Waals surface area contributed by atoms with Crippen molar-refractivity contribution < 1.29 is 19.2 Å². The molecule has 2 aliphatic rings. The van der Waals surface area contributed by atoms with Crippen LogP contribution in [0.3, 0.4) is 0 Å². The van der Waals surface area contributed by atoms with Crippen LogP contribution in [0.2, 0.25) is 0 Å². The van der Waals surface area contributed by atoms with Crippen LogP contribution in [0.5, 0.6) is 0 Å². The first-order valence-electron chi connectivity index (χ1n) is 9.19. The van der Waals surface area contributed by atoms with Crippen LogP contribution in [-0.4, -0.2) is 51.5 Å². The van der Waals surface area contributed by atoms with Gasteiger partial charge in [-0.2, -0.15) is 0 Å². The van der Waals surface area contributed by atoms with Crippen LogP contribution >= 0.6 is 0 Å². The van der Waals surface area contributed by atoms with Crippen molar-refractivity contribution in [3.8, 4) is 0 Å². The number of aromatic nitrogens is 1. The molecule has 1 aliphatic heterocycles. The Morgan fingerprint density at radius 3 is 2.59 bits per heavy atom. The number of nitrogens with zero attached hydrogens (tertiary/aromatic N) is 3. The van der Waals surface area contributed by atoms with E-state index in [1.54, 1.807) is 26.0 Å². The van der Waals surface area contributed by atoms with E-state index in [-0.39, 0.29) is 12.5 Å². The van der Waals surface area contributed by atoms with Gasteiger partial charge in [0.1, 0.15) is 5.41 Å². The molecule has 0 bridgehead atoms. The summed E-state index contributed by atoms with van der Waals surface area (Å²) in [7, 11) is 0. The van der Waals surface area contributed by atoms with E-state index in [4.69, 9.17) is 0 Å². The standard InChI is InChI=1S/C20H23N3O4/c1-3-22-17(25)20(2,15-9-5-4-6-10-15)18(26)23(19(22)27)13-16(24)14-8-7-11-21-12-14/h5,7-9,11-12,15H,3-4,6,10,13H2,1-2H3. The van der Waals surface area contributed by atoms with E-state index in [0.29, 0.717) is 12.0 Å². The zero-order chi connectivity index (χ0) is 19.6. The molecular formula is C20H23N3O4. The third-order valence-corrected chi connectivity index (χ3v) is 5.44. The van der Waals surface area contributed by atoms with Gasteiger partial charge in [-0.15, -0.1) is 0 Å². The summed E-state index contributed by atoms with van der Waals surface area (Å²) >= 11 is 0. The minimum absolute atomic E-state index is 0.147. The zero-order valence-corrected chi connectivity index (χ0v) is 15.6. The Hall–Kier alpha value is -2.83. The first kappa shape index (κ1) is 18.9. The van der Waals surface area contributed by atoms with Crippen LogP contribution in [-0.2, 0) is 9.59 Å². The molecule has 0 radical (unpaired) electrons. The fourth-order valence-electron chi connectivity index (χ4n) is 3.76. The van der Waals surface area contributed by atoms with Gasteiger partial charge in [-0.1, -0.05) is 12.2 Å². The van der Waals surface area contributed by atoms with Gasteiger partial charge in [0.15, 0.2) is 5.78 Å². The molecule has 0 aromatic carbocycles. The van der Waals surface area contributed by atoms with E-state index >= 15 is 0 Å². The molecule has 1 aliphatic carbocycles. The molecule has 0 spiro atoms. The summed E-state index contributed by atoms with van der Waals surface area (Å²) in [5.41, 5.74) is -1.06. The molecule has 142 valence electrons. The highest BCUT2D eigenvalue weighted by Gasteiger charge is 2.57. The van der Waals surface area contributed by atoms with Crippen LogP contribution in [0.25, 0.3) is 0 Å². The van der Waals surface area contributed by atoms with Crippen LogP contribution < -0.4 is 0 Å². The van der Waals surface area contributed by atoms with Crippen molar-refractivity contribution in [2.24, 2.45) is 11.3 Å². The van der Waals surface area contributed by atoms with Crippen molar-refractivity contribution in [1.82, 2.24) is 14.8 Å². The summed E-state index contributed by atoms with van der Waals surface area (Å²) in [4.78, 5) is 57.5.